The van der Waals surface area contributed by atoms with Crippen LogP contribution in [-0.2, 0) is 24.2 Å². The molecule has 0 bridgehead atoms. The van der Waals surface area contributed by atoms with Crippen molar-refractivity contribution in [2.24, 2.45) is 0 Å². The predicted octanol–water partition coefficient (Wildman–Crippen LogP) is 0.417. The molecule has 6 N–H and O–H groups in total. The lowest BCUT2D eigenvalue weighted by Gasteiger charge is -2.24. The molecule has 0 saturated carbocycles. The Hall–Kier alpha value is -3.57. The van der Waals surface area contributed by atoms with Crippen molar-refractivity contribution in [3.8, 4) is 11.8 Å². The van der Waals surface area contributed by atoms with E-state index in [1.54, 1.807) is 18.2 Å². The topological polar surface area (TPSA) is 215 Å². The van der Waals surface area contributed by atoms with Crippen LogP contribution in [0.2, 0.25) is 0 Å². The molecule has 4 rings (SSSR count). The smallest absolute Gasteiger partial charge is 0.459 e. The molecule has 0 spiro atoms. The molecular formula is C21H23N6O8P. The molecule has 0 amide bonds. The first-order valence-electron chi connectivity index (χ1n) is 10.6. The molecule has 3 heterocycles. The third-order valence-electron chi connectivity index (χ3n) is 5.58. The number of aliphatic carboxylic acids is 1. The number of aromatic nitrogens is 3. The van der Waals surface area contributed by atoms with Crippen molar-refractivity contribution < 1.29 is 38.5 Å². The molecule has 1 fully saturated rings. The van der Waals surface area contributed by atoms with Crippen molar-refractivity contribution in [2.45, 2.75) is 36.9 Å². The highest BCUT2D eigenvalue weighted by Gasteiger charge is 2.57. The number of aliphatic hydroxyl groups excluding tert-OH is 2. The summed E-state index contributed by atoms with van der Waals surface area (Å²) in [7, 11) is -4.33. The number of rotatable bonds is 9. The van der Waals surface area contributed by atoms with Gasteiger partial charge < -0.3 is 30.3 Å². The number of benzene rings is 1. The number of hydrogen-bond acceptors (Lipinski definition) is 11. The number of carboxylic acid groups (broad SMARTS) is 1. The van der Waals surface area contributed by atoms with Crippen LogP contribution in [0, 0.1) is 11.3 Å². The van der Waals surface area contributed by atoms with E-state index >= 15 is 0 Å². The molecule has 190 valence electrons. The first-order chi connectivity index (χ1) is 17.1. The monoisotopic (exact) mass is 518 g/mol. The maximum atomic E-state index is 13.4. The molecule has 6 atom stereocenters. The van der Waals surface area contributed by atoms with Gasteiger partial charge in [0.25, 0.3) is 0 Å². The zero-order valence-electron chi connectivity index (χ0n) is 18.8. The number of carboxylic acids is 1. The number of ether oxygens (including phenoxy) is 1. The minimum Gasteiger partial charge on any atom is -0.480 e. The quantitative estimate of drug-likeness (QED) is 0.243. The van der Waals surface area contributed by atoms with Gasteiger partial charge >= 0.3 is 13.7 Å². The van der Waals surface area contributed by atoms with E-state index in [-0.39, 0.29) is 17.3 Å². The molecule has 3 aromatic rings. The molecule has 1 saturated heterocycles. The number of hydrogen-bond donors (Lipinski definition) is 5. The van der Waals surface area contributed by atoms with Crippen molar-refractivity contribution in [3.63, 3.8) is 0 Å². The zero-order chi connectivity index (χ0) is 26.1. The standard InChI is InChI=1S/C21H23N6O8P/c1-12(19(30)31)26-36(32,35-14-5-3-2-4-6-14)33-9-15-17(28)18(29)21(10-22,34-15)13-7-16-24-11-25-20(23)27(16)8-13/h2-8,11-12,15,17-18,28-29H,9H2,1H3,(H,26,32)(H,30,31)(H2,23,24,25)/t12?,15-,17-,18-,21+,36?/m1/s1. The Bertz CT molecular complexity index is 1350. The van der Waals surface area contributed by atoms with E-state index in [0.717, 1.165) is 0 Å². The summed E-state index contributed by atoms with van der Waals surface area (Å²) in [6, 6.07) is 9.90. The van der Waals surface area contributed by atoms with Crippen LogP contribution in [0.5, 0.6) is 5.75 Å². The van der Waals surface area contributed by atoms with Crippen molar-refractivity contribution >= 4 is 25.3 Å². The SMILES string of the molecule is CC(NP(=O)(OC[C@H]1O[C@@](C#N)(c2cc3ncnc(N)n3c2)[C@H](O)[C@@H]1O)Oc1ccccc1)C(=O)O. The summed E-state index contributed by atoms with van der Waals surface area (Å²) < 4.78 is 31.4. The number of nitrogens with two attached hydrogens (primary N) is 1. The van der Waals surface area contributed by atoms with Gasteiger partial charge in [-0.05, 0) is 25.1 Å². The van der Waals surface area contributed by atoms with Gasteiger partial charge in [-0.2, -0.15) is 10.3 Å². The summed E-state index contributed by atoms with van der Waals surface area (Å²) >= 11 is 0. The molecule has 1 aliphatic heterocycles. The van der Waals surface area contributed by atoms with E-state index in [1.165, 1.54) is 42.0 Å². The average molecular weight is 518 g/mol. The van der Waals surface area contributed by atoms with E-state index in [0.29, 0.717) is 5.65 Å². The summed E-state index contributed by atoms with van der Waals surface area (Å²) in [6.45, 7) is 0.616. The lowest BCUT2D eigenvalue weighted by molar-refractivity contribution is -0.138. The van der Waals surface area contributed by atoms with Gasteiger partial charge in [0.05, 0.1) is 6.61 Å². The Kier molecular flexibility index (Phi) is 6.96. The lowest BCUT2D eigenvalue weighted by atomic mass is 9.90. The summed E-state index contributed by atoms with van der Waals surface area (Å²) in [6.07, 6.45) is -2.10. The largest absolute Gasteiger partial charge is 0.480 e. The second-order valence-corrected chi connectivity index (χ2v) is 9.71. The normalized spacial score (nSPS) is 26.2. The van der Waals surface area contributed by atoms with E-state index in [4.69, 9.17) is 19.5 Å². The van der Waals surface area contributed by atoms with Crippen LogP contribution < -0.4 is 15.3 Å². The number of para-hydroxylation sites is 1. The van der Waals surface area contributed by atoms with Gasteiger partial charge in [0.2, 0.25) is 11.5 Å². The number of nitriles is 1. The van der Waals surface area contributed by atoms with Crippen LogP contribution >= 0.6 is 7.75 Å². The van der Waals surface area contributed by atoms with Crippen molar-refractivity contribution in [2.75, 3.05) is 12.3 Å². The van der Waals surface area contributed by atoms with Gasteiger partial charge in [0, 0.05) is 11.8 Å². The minimum absolute atomic E-state index is 0.0740. The van der Waals surface area contributed by atoms with Gasteiger partial charge in [-0.3, -0.25) is 13.7 Å². The number of nitrogens with zero attached hydrogens (tertiary/aromatic N) is 4. The van der Waals surface area contributed by atoms with Gasteiger partial charge in [-0.15, -0.1) is 0 Å². The highest BCUT2D eigenvalue weighted by molar-refractivity contribution is 7.52. The van der Waals surface area contributed by atoms with Gasteiger partial charge in [-0.1, -0.05) is 18.2 Å². The van der Waals surface area contributed by atoms with E-state index in [1.807, 2.05) is 6.07 Å². The van der Waals surface area contributed by atoms with E-state index < -0.39 is 50.3 Å². The summed E-state index contributed by atoms with van der Waals surface area (Å²) in [5.41, 5.74) is 4.25. The van der Waals surface area contributed by atoms with Crippen LogP contribution in [0.15, 0.2) is 48.9 Å². The third-order valence-corrected chi connectivity index (χ3v) is 7.22. The first kappa shape index (κ1) is 25.5. The number of carbonyl (C=O) groups is 1. The second kappa shape index (κ2) is 9.82. The minimum atomic E-state index is -4.33. The van der Waals surface area contributed by atoms with E-state index in [9.17, 15) is 29.9 Å². The fraction of sp³-hybridized carbons (Fsp3) is 0.333. The Morgan fingerprint density at radius 1 is 1.39 bits per heavy atom. The molecule has 2 unspecified atom stereocenters. The maximum absolute atomic E-state index is 13.4. The summed E-state index contributed by atoms with van der Waals surface area (Å²) in [5.74, 6) is -1.11. The van der Waals surface area contributed by atoms with Crippen molar-refractivity contribution in [1.82, 2.24) is 19.5 Å². The van der Waals surface area contributed by atoms with Crippen molar-refractivity contribution in [3.05, 3.63) is 54.5 Å². The van der Waals surface area contributed by atoms with Gasteiger partial charge in [0.1, 0.15) is 48.1 Å². The van der Waals surface area contributed by atoms with Crippen molar-refractivity contribution in [1.29, 1.82) is 5.26 Å². The third kappa shape index (κ3) is 4.76. The first-order valence-corrected chi connectivity index (χ1v) is 12.2. The molecule has 2 aromatic heterocycles. The average Bonchev–Trinajstić information content (AvgIpc) is 3.40. The molecule has 14 nitrogen and oxygen atoms in total. The number of nitrogen functional groups attached to an aromatic ring is 1. The van der Waals surface area contributed by atoms with Gasteiger partial charge in [0.15, 0.2) is 0 Å². The van der Waals surface area contributed by atoms with E-state index in [2.05, 4.69) is 15.1 Å². The molecule has 0 aliphatic carbocycles. The number of aliphatic hydroxyl groups is 2. The molecule has 15 heteroatoms. The van der Waals surface area contributed by atoms with Crippen LogP contribution in [0.3, 0.4) is 0 Å². The Morgan fingerprint density at radius 3 is 2.75 bits per heavy atom. The fourth-order valence-corrected chi connectivity index (χ4v) is 5.18. The maximum Gasteiger partial charge on any atom is 0.459 e. The molecular weight excluding hydrogens is 495 g/mol. The van der Waals surface area contributed by atoms with Crippen LogP contribution in [0.25, 0.3) is 5.65 Å². The Morgan fingerprint density at radius 2 is 2.11 bits per heavy atom. The summed E-state index contributed by atoms with van der Waals surface area (Å²) in [4.78, 5) is 19.2. The fourth-order valence-electron chi connectivity index (χ4n) is 3.67. The second-order valence-electron chi connectivity index (χ2n) is 8.01. The number of anilines is 1. The number of nitrogens with one attached hydrogen (secondary N) is 1. The Labute approximate surface area is 204 Å². The molecule has 1 aromatic carbocycles. The molecule has 36 heavy (non-hydrogen) atoms. The number of fused-ring (bicyclic) bond motifs is 1. The lowest BCUT2D eigenvalue weighted by Crippen LogP contribution is -2.39. The highest BCUT2D eigenvalue weighted by Crippen LogP contribution is 2.47. The van der Waals surface area contributed by atoms with Gasteiger partial charge in [-0.25, -0.2) is 14.5 Å². The van der Waals surface area contributed by atoms with Crippen LogP contribution in [0.4, 0.5) is 5.95 Å². The molecule has 1 aliphatic rings. The predicted molar refractivity (Wildman–Crippen MR) is 122 cm³/mol. The zero-order valence-corrected chi connectivity index (χ0v) is 19.7. The molecule has 0 radical (unpaired) electrons. The highest BCUT2D eigenvalue weighted by atomic mass is 31.2. The van der Waals surface area contributed by atoms with Crippen LogP contribution in [0.1, 0.15) is 12.5 Å². The summed E-state index contributed by atoms with van der Waals surface area (Å²) in [5, 5.41) is 42.9. The Balaban J connectivity index is 1.58. The van der Waals surface area contributed by atoms with Crippen LogP contribution in [-0.4, -0.2) is 66.6 Å².